The maximum atomic E-state index is 14.1. The molecule has 3 rings (SSSR count). The molecule has 0 heterocycles. The normalized spacial score (nSPS) is 12.7. The summed E-state index contributed by atoms with van der Waals surface area (Å²) in [4.78, 5) is -2.06. The second kappa shape index (κ2) is 12.5. The maximum absolute atomic E-state index is 14.1. The Bertz CT molecular complexity index is 1140. The van der Waals surface area contributed by atoms with Crippen molar-refractivity contribution in [2.45, 2.75) is 17.0 Å². The Morgan fingerprint density at radius 3 is 1.52 bits per heavy atom. The molecule has 33 heavy (non-hydrogen) atoms. The molecule has 2 atom stereocenters. The maximum Gasteiger partial charge on any atom is 0.200 e. The molecule has 0 spiro atoms. The van der Waals surface area contributed by atoms with E-state index in [9.17, 15) is 30.4 Å². The van der Waals surface area contributed by atoms with Gasteiger partial charge in [-0.1, -0.05) is 71.8 Å². The molecule has 12 heteroatoms. The van der Waals surface area contributed by atoms with Gasteiger partial charge in [0.1, 0.15) is 14.9 Å². The van der Waals surface area contributed by atoms with Crippen molar-refractivity contribution in [3.8, 4) is 0 Å². The molecule has 0 saturated carbocycles. The van der Waals surface area contributed by atoms with Gasteiger partial charge in [-0.2, -0.15) is 0 Å². The fourth-order valence-corrected chi connectivity index (χ4v) is 4.10. The zero-order chi connectivity index (χ0) is 24.1. The zero-order valence-electron chi connectivity index (χ0n) is 16.7. The fraction of sp³-hybridized carbons (Fsp3) is 0.0952. The van der Waals surface area contributed by atoms with E-state index in [2.05, 4.69) is 14.4 Å². The molecule has 1 N–H and O–H groups in total. The number of hydrogen-bond acceptors (Lipinski definition) is 2. The number of nitrogens with zero attached hydrogens (tertiary/aromatic N) is 1. The van der Waals surface area contributed by atoms with E-state index in [4.69, 9.17) is 5.73 Å². The quantitative estimate of drug-likeness (QED) is 0.101. The van der Waals surface area contributed by atoms with Crippen LogP contribution in [0.3, 0.4) is 0 Å². The Morgan fingerprint density at radius 2 is 1.09 bits per heavy atom. The summed E-state index contributed by atoms with van der Waals surface area (Å²) >= 11 is 1.82. The van der Waals surface area contributed by atoms with Crippen LogP contribution >= 0.6 is 9.69 Å². The second-order valence-corrected chi connectivity index (χ2v) is 7.79. The number of halogens is 6. The summed E-state index contributed by atoms with van der Waals surface area (Å²) in [5.41, 5.74) is 8.96. The van der Waals surface area contributed by atoms with Crippen LogP contribution in [0.15, 0.2) is 65.6 Å². The van der Waals surface area contributed by atoms with Gasteiger partial charge in [-0.15, -0.1) is 12.1 Å². The van der Waals surface area contributed by atoms with Crippen molar-refractivity contribution in [2.75, 3.05) is 0 Å². The van der Waals surface area contributed by atoms with Crippen LogP contribution in [0.5, 0.6) is 0 Å². The number of rotatable bonds is 6. The minimum atomic E-state index is -5.38. The van der Waals surface area contributed by atoms with Crippen LogP contribution in [0.2, 0.25) is 0 Å². The molecule has 0 aliphatic carbocycles. The first-order valence-electron chi connectivity index (χ1n) is 8.58. The molecular formula is C21H16ClF5N2O2RuS. The number of benzene rings is 3. The summed E-state index contributed by atoms with van der Waals surface area (Å²) < 4.78 is 97.1. The molecule has 0 aromatic heterocycles. The summed E-state index contributed by atoms with van der Waals surface area (Å²) in [6.45, 7) is 0. The van der Waals surface area contributed by atoms with Crippen LogP contribution in [0, 0.1) is 36.5 Å². The van der Waals surface area contributed by atoms with E-state index < -0.39 is 56.1 Å². The van der Waals surface area contributed by atoms with Crippen LogP contribution in [0.4, 0.5) is 22.0 Å². The van der Waals surface area contributed by atoms with Gasteiger partial charge >= 0.3 is 27.0 Å². The topological polar surface area (TPSA) is 72.0 Å². The van der Waals surface area contributed by atoms with Crippen LogP contribution in [0.1, 0.15) is 23.2 Å². The Labute approximate surface area is 202 Å². The van der Waals surface area contributed by atoms with Gasteiger partial charge in [0.05, 0.1) is 0 Å². The number of hydrogen-bond donors (Lipinski definition) is 0. The van der Waals surface area contributed by atoms with Crippen LogP contribution in [0.25, 0.3) is 10.5 Å². The summed E-state index contributed by atoms with van der Waals surface area (Å²) in [5, 5.41) is 0. The standard InChI is InChI=1S/C20H13F5N2O2S.CH3.ClH.Ru/c21-13-14(22)16(24)20(17(25)15(13)23)30(28,29)27-19(12-9-5-2-6-10-12)18(26)11-7-3-1-4-8-11;;;/h1-10,18-19,26H;1H3;1H;/q-2;-1;;+4/p-1. The van der Waals surface area contributed by atoms with Crippen molar-refractivity contribution in [3.63, 3.8) is 0 Å². The Hall–Kier alpha value is -1.91. The molecule has 178 valence electrons. The third kappa shape index (κ3) is 6.36. The summed E-state index contributed by atoms with van der Waals surface area (Å²) in [6.07, 6.45) is 0. The van der Waals surface area contributed by atoms with Gasteiger partial charge in [-0.25, -0.2) is 30.4 Å². The van der Waals surface area contributed by atoms with Crippen LogP contribution < -0.4 is 0 Å². The van der Waals surface area contributed by atoms with Crippen molar-refractivity contribution in [2.24, 2.45) is 0 Å². The minimum Gasteiger partial charge on any atom is -0.672 e. The van der Waals surface area contributed by atoms with Gasteiger partial charge in [0.25, 0.3) is 0 Å². The van der Waals surface area contributed by atoms with E-state index in [0.717, 1.165) is 0 Å². The number of sulfonamides is 1. The molecule has 0 radical (unpaired) electrons. The van der Waals surface area contributed by atoms with E-state index in [-0.39, 0.29) is 13.0 Å². The second-order valence-electron chi connectivity index (χ2n) is 6.22. The number of nitrogens with one attached hydrogen (secondary N) is 1. The monoisotopic (exact) mass is 592 g/mol. The van der Waals surface area contributed by atoms with E-state index in [1.807, 2.05) is 17.3 Å². The van der Waals surface area contributed by atoms with Gasteiger partial charge in [0.15, 0.2) is 23.3 Å². The first-order valence-corrected chi connectivity index (χ1v) is 12.3. The predicted octanol–water partition coefficient (Wildman–Crippen LogP) is 7.12. The summed E-state index contributed by atoms with van der Waals surface area (Å²) in [5.74, 6) is -12.3. The smallest absolute Gasteiger partial charge is 0.200 e. The van der Waals surface area contributed by atoms with Gasteiger partial charge < -0.3 is 17.9 Å². The molecular weight excluding hydrogens is 576 g/mol. The third-order valence-corrected chi connectivity index (χ3v) is 5.67. The molecule has 3 aromatic rings. The zero-order valence-corrected chi connectivity index (χ0v) is 20.0. The Balaban J connectivity index is 0.00000177. The van der Waals surface area contributed by atoms with Crippen molar-refractivity contribution in [1.29, 1.82) is 0 Å². The average Bonchev–Trinajstić information content (AvgIpc) is 2.82. The van der Waals surface area contributed by atoms with E-state index in [1.165, 1.54) is 36.4 Å². The molecule has 2 unspecified atom stereocenters. The van der Waals surface area contributed by atoms with Crippen molar-refractivity contribution < 1.29 is 47.7 Å². The van der Waals surface area contributed by atoms with Gasteiger partial charge in [-0.3, -0.25) is 0 Å². The SMILES string of the molecule is [CH3-].[Cl][Ru+3].[NH-]C(c1ccccc1)C([N-]S(=O)(=O)c1c(F)c(F)c(F)c(F)c1F)c1ccccc1. The predicted molar refractivity (Wildman–Crippen MR) is 112 cm³/mol. The summed E-state index contributed by atoms with van der Waals surface area (Å²) in [6, 6.07) is 12.6. The van der Waals surface area contributed by atoms with Crippen molar-refractivity contribution in [1.82, 2.24) is 0 Å². The van der Waals surface area contributed by atoms with E-state index >= 15 is 0 Å². The van der Waals surface area contributed by atoms with E-state index in [1.54, 1.807) is 24.3 Å². The largest absolute Gasteiger partial charge is 0.672 e. The Kier molecular flexibility index (Phi) is 11.1. The van der Waals surface area contributed by atoms with Gasteiger partial charge in [0.2, 0.25) is 5.82 Å². The van der Waals surface area contributed by atoms with E-state index in [0.29, 0.717) is 5.56 Å². The molecule has 0 amide bonds. The average molecular weight is 592 g/mol. The van der Waals surface area contributed by atoms with Gasteiger partial charge in [0, 0.05) is 0 Å². The minimum absolute atomic E-state index is 0. The molecule has 0 saturated heterocycles. The fourth-order valence-electron chi connectivity index (χ4n) is 2.82. The molecule has 0 aliphatic rings. The molecule has 0 aliphatic heterocycles. The Morgan fingerprint density at radius 1 is 0.727 bits per heavy atom. The molecule has 4 nitrogen and oxygen atoms in total. The first-order chi connectivity index (χ1) is 15.1. The van der Waals surface area contributed by atoms with Crippen LogP contribution in [-0.2, 0) is 27.3 Å². The molecule has 0 bridgehead atoms. The summed E-state index contributed by atoms with van der Waals surface area (Å²) in [7, 11) is -0.807. The third-order valence-electron chi connectivity index (χ3n) is 4.30. The first kappa shape index (κ1) is 29.1. The van der Waals surface area contributed by atoms with Gasteiger partial charge in [-0.05, 0) is 0 Å². The molecule has 3 aromatic carbocycles. The van der Waals surface area contributed by atoms with Crippen molar-refractivity contribution in [3.05, 3.63) is 119 Å². The molecule has 0 fully saturated rings. The van der Waals surface area contributed by atoms with Crippen molar-refractivity contribution >= 4 is 19.7 Å². The van der Waals surface area contributed by atoms with Crippen LogP contribution in [-0.4, -0.2) is 8.42 Å².